The van der Waals surface area contributed by atoms with Gasteiger partial charge >= 0.3 is 0 Å². The Morgan fingerprint density at radius 1 is 1.69 bits per heavy atom. The Hall–Kier alpha value is -0.610. The number of aromatic nitrogens is 1. The zero-order valence-electron chi connectivity index (χ0n) is 7.84. The molecular formula is C9H14BrN3. The molecule has 0 fully saturated rings. The Bertz CT molecular complexity index is 286. The Kier molecular flexibility index (Phi) is 3.69. The van der Waals surface area contributed by atoms with Gasteiger partial charge < -0.3 is 11.1 Å². The van der Waals surface area contributed by atoms with Crippen molar-refractivity contribution in [3.63, 3.8) is 0 Å². The summed E-state index contributed by atoms with van der Waals surface area (Å²) in [5, 5.41) is 3.18. The first-order chi connectivity index (χ1) is 6.09. The first-order valence-electron chi connectivity index (χ1n) is 4.21. The standard InChI is InChI=1S/C9H14BrN3/c1-6-3-8(10)5-13-9(6)12-4-7(2)11/h3,5,7H,4,11H2,1-2H3,(H,12,13). The van der Waals surface area contributed by atoms with Gasteiger partial charge in [-0.05, 0) is 41.4 Å². The van der Waals surface area contributed by atoms with Gasteiger partial charge in [-0.25, -0.2) is 4.98 Å². The van der Waals surface area contributed by atoms with E-state index in [0.717, 1.165) is 22.4 Å². The zero-order valence-corrected chi connectivity index (χ0v) is 9.43. The molecule has 0 spiro atoms. The summed E-state index contributed by atoms with van der Waals surface area (Å²) < 4.78 is 0.997. The van der Waals surface area contributed by atoms with Crippen LogP contribution in [0, 0.1) is 6.92 Å². The molecule has 0 aliphatic carbocycles. The molecule has 1 unspecified atom stereocenters. The lowest BCUT2D eigenvalue weighted by Gasteiger charge is -2.10. The number of nitrogens with zero attached hydrogens (tertiary/aromatic N) is 1. The van der Waals surface area contributed by atoms with Gasteiger partial charge in [0.2, 0.25) is 0 Å². The summed E-state index contributed by atoms with van der Waals surface area (Å²) >= 11 is 3.36. The lowest BCUT2D eigenvalue weighted by Crippen LogP contribution is -2.25. The number of nitrogens with two attached hydrogens (primary N) is 1. The zero-order chi connectivity index (χ0) is 9.84. The largest absolute Gasteiger partial charge is 0.368 e. The molecule has 1 rings (SSSR count). The molecule has 0 aliphatic heterocycles. The van der Waals surface area contributed by atoms with E-state index in [1.54, 1.807) is 6.20 Å². The van der Waals surface area contributed by atoms with Gasteiger partial charge in [0.15, 0.2) is 0 Å². The number of hydrogen-bond acceptors (Lipinski definition) is 3. The summed E-state index contributed by atoms with van der Waals surface area (Å²) in [5.41, 5.74) is 6.74. The molecule has 4 heteroatoms. The van der Waals surface area contributed by atoms with E-state index in [-0.39, 0.29) is 6.04 Å². The van der Waals surface area contributed by atoms with E-state index in [9.17, 15) is 0 Å². The van der Waals surface area contributed by atoms with E-state index in [2.05, 4.69) is 26.2 Å². The highest BCUT2D eigenvalue weighted by Gasteiger charge is 2.00. The van der Waals surface area contributed by atoms with E-state index < -0.39 is 0 Å². The minimum Gasteiger partial charge on any atom is -0.368 e. The average molecular weight is 244 g/mol. The smallest absolute Gasteiger partial charge is 0.128 e. The van der Waals surface area contributed by atoms with Crippen LogP contribution >= 0.6 is 15.9 Å². The summed E-state index contributed by atoms with van der Waals surface area (Å²) in [7, 11) is 0. The van der Waals surface area contributed by atoms with Crippen LogP contribution in [0.15, 0.2) is 16.7 Å². The lowest BCUT2D eigenvalue weighted by molar-refractivity contribution is 0.776. The van der Waals surface area contributed by atoms with Crippen molar-refractivity contribution < 1.29 is 0 Å². The van der Waals surface area contributed by atoms with E-state index in [1.807, 2.05) is 19.9 Å². The van der Waals surface area contributed by atoms with E-state index in [1.165, 1.54) is 0 Å². The molecule has 0 saturated carbocycles. The predicted molar refractivity (Wildman–Crippen MR) is 58.8 cm³/mol. The molecule has 1 aromatic heterocycles. The van der Waals surface area contributed by atoms with Crippen molar-refractivity contribution in [1.29, 1.82) is 0 Å². The van der Waals surface area contributed by atoms with Gasteiger partial charge in [0.25, 0.3) is 0 Å². The minimum atomic E-state index is 0.143. The summed E-state index contributed by atoms with van der Waals surface area (Å²) in [6.45, 7) is 4.72. The number of anilines is 1. The molecule has 0 aliphatic rings. The van der Waals surface area contributed by atoms with Crippen molar-refractivity contribution >= 4 is 21.7 Å². The normalized spacial score (nSPS) is 12.6. The molecule has 0 amide bonds. The van der Waals surface area contributed by atoms with Crippen LogP contribution in [-0.2, 0) is 0 Å². The molecule has 1 atom stereocenters. The van der Waals surface area contributed by atoms with Crippen molar-refractivity contribution in [1.82, 2.24) is 4.98 Å². The number of rotatable bonds is 3. The van der Waals surface area contributed by atoms with Crippen LogP contribution in [-0.4, -0.2) is 17.6 Å². The van der Waals surface area contributed by atoms with Crippen LogP contribution in [0.1, 0.15) is 12.5 Å². The van der Waals surface area contributed by atoms with Gasteiger partial charge in [-0.3, -0.25) is 0 Å². The van der Waals surface area contributed by atoms with Gasteiger partial charge in [-0.15, -0.1) is 0 Å². The SMILES string of the molecule is Cc1cc(Br)cnc1NCC(C)N. The molecule has 3 nitrogen and oxygen atoms in total. The second-order valence-electron chi connectivity index (χ2n) is 3.18. The fraction of sp³-hybridized carbons (Fsp3) is 0.444. The third-order valence-electron chi connectivity index (χ3n) is 1.64. The number of pyridine rings is 1. The van der Waals surface area contributed by atoms with Crippen molar-refractivity contribution in [2.75, 3.05) is 11.9 Å². The highest BCUT2D eigenvalue weighted by atomic mass is 79.9. The van der Waals surface area contributed by atoms with Crippen LogP contribution in [0.2, 0.25) is 0 Å². The first kappa shape index (κ1) is 10.5. The molecule has 0 bridgehead atoms. The van der Waals surface area contributed by atoms with Crippen LogP contribution in [0.25, 0.3) is 0 Å². The van der Waals surface area contributed by atoms with Crippen LogP contribution in [0.3, 0.4) is 0 Å². The molecule has 1 aromatic rings. The fourth-order valence-electron chi connectivity index (χ4n) is 0.983. The van der Waals surface area contributed by atoms with Gasteiger partial charge in [0.05, 0.1) is 0 Å². The Labute approximate surface area is 86.9 Å². The number of aryl methyl sites for hydroxylation is 1. The molecule has 0 aromatic carbocycles. The van der Waals surface area contributed by atoms with Crippen LogP contribution < -0.4 is 11.1 Å². The highest BCUT2D eigenvalue weighted by Crippen LogP contribution is 2.16. The third kappa shape index (κ3) is 3.32. The molecule has 0 radical (unpaired) electrons. The van der Waals surface area contributed by atoms with Crippen molar-refractivity contribution in [3.8, 4) is 0 Å². The maximum atomic E-state index is 5.62. The van der Waals surface area contributed by atoms with Crippen molar-refractivity contribution in [3.05, 3.63) is 22.3 Å². The maximum Gasteiger partial charge on any atom is 0.128 e. The second-order valence-corrected chi connectivity index (χ2v) is 4.09. The van der Waals surface area contributed by atoms with Crippen LogP contribution in [0.5, 0.6) is 0 Å². The predicted octanol–water partition coefficient (Wildman–Crippen LogP) is 1.91. The first-order valence-corrected chi connectivity index (χ1v) is 5.00. The molecule has 1 heterocycles. The quantitative estimate of drug-likeness (QED) is 0.853. The molecule has 3 N–H and O–H groups in total. The van der Waals surface area contributed by atoms with Crippen LogP contribution in [0.4, 0.5) is 5.82 Å². The number of halogens is 1. The van der Waals surface area contributed by atoms with Gasteiger partial charge in [-0.2, -0.15) is 0 Å². The number of nitrogens with one attached hydrogen (secondary N) is 1. The van der Waals surface area contributed by atoms with Gasteiger partial charge in [0, 0.05) is 23.3 Å². The minimum absolute atomic E-state index is 0.143. The monoisotopic (exact) mass is 243 g/mol. The molecule has 13 heavy (non-hydrogen) atoms. The molecular weight excluding hydrogens is 230 g/mol. The summed E-state index contributed by atoms with van der Waals surface area (Å²) in [5.74, 6) is 0.903. The Balaban J connectivity index is 2.67. The average Bonchev–Trinajstić information content (AvgIpc) is 2.02. The lowest BCUT2D eigenvalue weighted by atomic mass is 10.3. The van der Waals surface area contributed by atoms with E-state index in [4.69, 9.17) is 5.73 Å². The highest BCUT2D eigenvalue weighted by molar-refractivity contribution is 9.10. The van der Waals surface area contributed by atoms with Crippen molar-refractivity contribution in [2.24, 2.45) is 5.73 Å². The Morgan fingerprint density at radius 3 is 2.92 bits per heavy atom. The van der Waals surface area contributed by atoms with Gasteiger partial charge in [-0.1, -0.05) is 0 Å². The molecule has 0 saturated heterocycles. The summed E-state index contributed by atoms with van der Waals surface area (Å²) in [6, 6.07) is 2.17. The van der Waals surface area contributed by atoms with E-state index in [0.29, 0.717) is 0 Å². The summed E-state index contributed by atoms with van der Waals surface area (Å²) in [4.78, 5) is 4.24. The fourth-order valence-corrected chi connectivity index (χ4v) is 1.43. The molecule has 72 valence electrons. The second kappa shape index (κ2) is 4.58. The van der Waals surface area contributed by atoms with Crippen molar-refractivity contribution in [2.45, 2.75) is 19.9 Å². The number of hydrogen-bond donors (Lipinski definition) is 2. The third-order valence-corrected chi connectivity index (χ3v) is 2.07. The summed E-state index contributed by atoms with van der Waals surface area (Å²) in [6.07, 6.45) is 1.77. The topological polar surface area (TPSA) is 50.9 Å². The maximum absolute atomic E-state index is 5.62. The van der Waals surface area contributed by atoms with E-state index >= 15 is 0 Å². The van der Waals surface area contributed by atoms with Gasteiger partial charge in [0.1, 0.15) is 5.82 Å². The Morgan fingerprint density at radius 2 is 2.38 bits per heavy atom.